The lowest BCUT2D eigenvalue weighted by molar-refractivity contribution is -0.166. The molecule has 27 heavy (non-hydrogen) atoms. The van der Waals surface area contributed by atoms with Crippen LogP contribution in [-0.2, 0) is 20.7 Å². The van der Waals surface area contributed by atoms with Gasteiger partial charge in [-0.2, -0.15) is 0 Å². The van der Waals surface area contributed by atoms with Crippen LogP contribution >= 0.6 is 11.3 Å². The molecule has 0 spiro atoms. The van der Waals surface area contributed by atoms with Gasteiger partial charge in [0.2, 0.25) is 0 Å². The van der Waals surface area contributed by atoms with Crippen LogP contribution in [0.1, 0.15) is 55.7 Å². The van der Waals surface area contributed by atoms with Crippen molar-refractivity contribution < 1.29 is 19.0 Å². The van der Waals surface area contributed by atoms with Crippen LogP contribution in [0, 0.1) is 6.92 Å². The van der Waals surface area contributed by atoms with Gasteiger partial charge in [-0.1, -0.05) is 0 Å². The van der Waals surface area contributed by atoms with Crippen LogP contribution in [0.3, 0.4) is 0 Å². The number of aromatic nitrogens is 1. The van der Waals surface area contributed by atoms with Gasteiger partial charge in [0.25, 0.3) is 0 Å². The van der Waals surface area contributed by atoms with Gasteiger partial charge in [0.1, 0.15) is 5.75 Å². The summed E-state index contributed by atoms with van der Waals surface area (Å²) in [6.07, 6.45) is 1.21. The lowest BCUT2D eigenvalue weighted by Crippen LogP contribution is -2.28. The number of carbonyl (C=O) groups is 1. The number of benzene rings is 1. The first-order valence-corrected chi connectivity index (χ1v) is 10.2. The second-order valence-corrected chi connectivity index (χ2v) is 8.82. The fraction of sp³-hybridized carbons (Fsp3) is 0.524. The molecule has 0 fully saturated rings. The highest BCUT2D eigenvalue weighted by molar-refractivity contribution is 7.12. The van der Waals surface area contributed by atoms with Crippen LogP contribution in [0.4, 0.5) is 0 Å². The number of hydrogen-bond donors (Lipinski definition) is 0. The fourth-order valence-electron chi connectivity index (χ4n) is 3.12. The molecular formula is C21H27NO4S. The molecule has 1 aliphatic heterocycles. The van der Waals surface area contributed by atoms with Crippen LogP contribution in [0.15, 0.2) is 18.2 Å². The van der Waals surface area contributed by atoms with Gasteiger partial charge < -0.3 is 14.2 Å². The Morgan fingerprint density at radius 3 is 2.85 bits per heavy atom. The van der Waals surface area contributed by atoms with Crippen molar-refractivity contribution >= 4 is 17.3 Å². The summed E-state index contributed by atoms with van der Waals surface area (Å²) in [7, 11) is 0. The number of nitrogens with zero attached hydrogens (tertiary/aromatic N) is 1. The summed E-state index contributed by atoms with van der Waals surface area (Å²) in [5.41, 5.74) is 2.45. The molecule has 1 aliphatic rings. The number of fused-ring (bicyclic) bond motifs is 1. The largest absolute Gasteiger partial charge is 0.493 e. The van der Waals surface area contributed by atoms with Gasteiger partial charge in [-0.3, -0.25) is 0 Å². The molecule has 1 aromatic heterocycles. The number of thiazole rings is 1. The number of hydrogen-bond acceptors (Lipinski definition) is 6. The highest BCUT2D eigenvalue weighted by Crippen LogP contribution is 2.39. The van der Waals surface area contributed by atoms with E-state index in [2.05, 4.69) is 6.07 Å². The molecule has 6 heteroatoms. The maximum atomic E-state index is 12.7. The van der Waals surface area contributed by atoms with Crippen LogP contribution in [-0.4, -0.2) is 29.8 Å². The second kappa shape index (κ2) is 7.98. The van der Waals surface area contributed by atoms with Gasteiger partial charge in [-0.15, -0.1) is 11.3 Å². The van der Waals surface area contributed by atoms with Gasteiger partial charge in [0.05, 0.1) is 34.4 Å². The third kappa shape index (κ3) is 4.68. The molecule has 0 amide bonds. The molecule has 0 aliphatic carbocycles. The lowest BCUT2D eigenvalue weighted by Gasteiger charge is -2.26. The normalized spacial score (nSPS) is 15.0. The van der Waals surface area contributed by atoms with E-state index in [0.717, 1.165) is 46.3 Å². The van der Waals surface area contributed by atoms with Crippen LogP contribution in [0.25, 0.3) is 11.3 Å². The Hall–Kier alpha value is -1.92. The third-order valence-corrected chi connectivity index (χ3v) is 5.17. The van der Waals surface area contributed by atoms with Crippen molar-refractivity contribution in [3.63, 3.8) is 0 Å². The van der Waals surface area contributed by atoms with Gasteiger partial charge >= 0.3 is 5.97 Å². The van der Waals surface area contributed by atoms with E-state index < -0.39 is 11.7 Å². The van der Waals surface area contributed by atoms with Crippen molar-refractivity contribution in [2.45, 2.75) is 59.2 Å². The van der Waals surface area contributed by atoms with Gasteiger partial charge in [0.15, 0.2) is 6.10 Å². The third-order valence-electron chi connectivity index (χ3n) is 4.15. The van der Waals surface area contributed by atoms with E-state index in [4.69, 9.17) is 19.2 Å². The maximum absolute atomic E-state index is 12.7. The van der Waals surface area contributed by atoms with Crippen molar-refractivity contribution in [3.8, 4) is 17.0 Å². The number of carbonyl (C=O) groups excluding carboxylic acids is 1. The molecule has 146 valence electrons. The average molecular weight is 390 g/mol. The van der Waals surface area contributed by atoms with Crippen molar-refractivity contribution in [2.75, 3.05) is 13.2 Å². The highest BCUT2D eigenvalue weighted by atomic mass is 32.1. The topological polar surface area (TPSA) is 57.7 Å². The Morgan fingerprint density at radius 2 is 2.15 bits per heavy atom. The minimum atomic E-state index is -0.793. The van der Waals surface area contributed by atoms with Crippen molar-refractivity contribution in [1.29, 1.82) is 0 Å². The van der Waals surface area contributed by atoms with Crippen LogP contribution < -0.4 is 4.74 Å². The Bertz CT molecular complexity index is 822. The van der Waals surface area contributed by atoms with Gasteiger partial charge in [-0.25, -0.2) is 9.78 Å². The summed E-state index contributed by atoms with van der Waals surface area (Å²) in [5, 5.41) is 0.890. The van der Waals surface area contributed by atoms with Crippen molar-refractivity contribution in [2.24, 2.45) is 0 Å². The number of esters is 1. The highest BCUT2D eigenvalue weighted by Gasteiger charge is 2.33. The van der Waals surface area contributed by atoms with E-state index in [0.29, 0.717) is 6.61 Å². The molecule has 0 bridgehead atoms. The van der Waals surface area contributed by atoms with E-state index >= 15 is 0 Å². The first kappa shape index (κ1) is 19.8. The summed E-state index contributed by atoms with van der Waals surface area (Å²) in [4.78, 5) is 18.2. The maximum Gasteiger partial charge on any atom is 0.340 e. The Balaban J connectivity index is 2.04. The molecule has 1 unspecified atom stereocenters. The molecular weight excluding hydrogens is 362 g/mol. The van der Waals surface area contributed by atoms with E-state index in [9.17, 15) is 4.79 Å². The predicted molar refractivity (Wildman–Crippen MR) is 106 cm³/mol. The lowest BCUT2D eigenvalue weighted by atomic mass is 10.0. The molecule has 1 aromatic carbocycles. The minimum absolute atomic E-state index is 0.312. The number of aryl methyl sites for hydroxylation is 2. The average Bonchev–Trinajstić information content (AvgIpc) is 3.00. The van der Waals surface area contributed by atoms with E-state index in [1.807, 2.05) is 39.8 Å². The summed E-state index contributed by atoms with van der Waals surface area (Å²) in [5.74, 6) is 0.560. The smallest absolute Gasteiger partial charge is 0.340 e. The zero-order valence-electron chi connectivity index (χ0n) is 16.6. The summed E-state index contributed by atoms with van der Waals surface area (Å²) in [6.45, 7) is 10.6. The first-order valence-electron chi connectivity index (χ1n) is 9.36. The summed E-state index contributed by atoms with van der Waals surface area (Å²) >= 11 is 1.48. The Kier molecular flexibility index (Phi) is 5.86. The predicted octanol–water partition coefficient (Wildman–Crippen LogP) is 4.86. The first-order chi connectivity index (χ1) is 12.8. The molecule has 0 saturated heterocycles. The van der Waals surface area contributed by atoms with Gasteiger partial charge in [0, 0.05) is 5.56 Å². The van der Waals surface area contributed by atoms with E-state index in [-0.39, 0.29) is 5.97 Å². The monoisotopic (exact) mass is 389 g/mol. The molecule has 2 aromatic rings. The zero-order valence-corrected chi connectivity index (χ0v) is 17.4. The van der Waals surface area contributed by atoms with E-state index in [1.165, 1.54) is 16.9 Å². The van der Waals surface area contributed by atoms with Crippen LogP contribution in [0.2, 0.25) is 0 Å². The zero-order chi connectivity index (χ0) is 19.6. The van der Waals surface area contributed by atoms with Gasteiger partial charge in [-0.05, 0) is 71.2 Å². The number of ether oxygens (including phenoxy) is 3. The summed E-state index contributed by atoms with van der Waals surface area (Å²) in [6, 6.07) is 6.11. The molecule has 5 nitrogen and oxygen atoms in total. The quantitative estimate of drug-likeness (QED) is 0.683. The molecule has 2 heterocycles. The molecule has 1 atom stereocenters. The fourth-order valence-corrected chi connectivity index (χ4v) is 4.08. The molecule has 0 radical (unpaired) electrons. The SMILES string of the molecule is CCOC(=O)C(OC(C)(C)C)c1sc(C)nc1-c1ccc2c(c1)CCCO2. The van der Waals surface area contributed by atoms with Crippen LogP contribution in [0.5, 0.6) is 5.75 Å². The molecule has 0 saturated carbocycles. The molecule has 3 rings (SSSR count). The van der Waals surface area contributed by atoms with E-state index in [1.54, 1.807) is 6.92 Å². The number of rotatable bonds is 5. The minimum Gasteiger partial charge on any atom is -0.493 e. The Labute approximate surface area is 164 Å². The Morgan fingerprint density at radius 1 is 1.37 bits per heavy atom. The molecule has 0 N–H and O–H groups in total. The van der Waals surface area contributed by atoms with Crippen molar-refractivity contribution in [3.05, 3.63) is 33.6 Å². The van der Waals surface area contributed by atoms with Crippen molar-refractivity contribution in [1.82, 2.24) is 4.98 Å². The second-order valence-electron chi connectivity index (χ2n) is 7.58. The summed E-state index contributed by atoms with van der Waals surface area (Å²) < 4.78 is 17.1. The standard InChI is InChI=1S/C21H27NO4S/c1-6-24-20(23)18(26-21(3,4)5)19-17(22-13(2)27-19)15-9-10-16-14(12-15)8-7-11-25-16/h9-10,12,18H,6-8,11H2,1-5H3.